The van der Waals surface area contributed by atoms with Gasteiger partial charge in [0.25, 0.3) is 0 Å². The Kier molecular flexibility index (Phi) is 4.93. The van der Waals surface area contributed by atoms with Crippen LogP contribution in [-0.2, 0) is 4.74 Å². The van der Waals surface area contributed by atoms with E-state index in [1.165, 1.54) is 0 Å². The number of hydrogen-bond donors (Lipinski definition) is 1. The highest BCUT2D eigenvalue weighted by Crippen LogP contribution is 2.42. The standard InChI is InChI=1S/C21H26O3/c1-21(2,3)23-14-8-12-15-16-9-4-5-11-18(16)20(22)24-19-13-7-6-10-17(15)19/h4-7,9-11,13,15,20,22H,8,12,14H2,1-3H3. The maximum atomic E-state index is 10.4. The van der Waals surface area contributed by atoms with Gasteiger partial charge in [-0.05, 0) is 45.2 Å². The molecule has 0 saturated carbocycles. The lowest BCUT2D eigenvalue weighted by atomic mass is 9.85. The highest BCUT2D eigenvalue weighted by Gasteiger charge is 2.28. The van der Waals surface area contributed by atoms with Gasteiger partial charge in [-0.25, -0.2) is 0 Å². The second kappa shape index (κ2) is 6.96. The third-order valence-corrected chi connectivity index (χ3v) is 4.34. The van der Waals surface area contributed by atoms with Crippen molar-refractivity contribution in [1.29, 1.82) is 0 Å². The molecular formula is C21H26O3. The van der Waals surface area contributed by atoms with E-state index >= 15 is 0 Å². The van der Waals surface area contributed by atoms with E-state index in [9.17, 15) is 5.11 Å². The molecule has 3 rings (SSSR count). The van der Waals surface area contributed by atoms with Crippen LogP contribution < -0.4 is 4.74 Å². The van der Waals surface area contributed by atoms with Crippen LogP contribution in [0, 0.1) is 0 Å². The summed E-state index contributed by atoms with van der Waals surface area (Å²) in [5.74, 6) is 0.973. The van der Waals surface area contributed by atoms with Gasteiger partial charge >= 0.3 is 0 Å². The molecule has 0 amide bonds. The number of para-hydroxylation sites is 1. The van der Waals surface area contributed by atoms with Gasteiger partial charge in [0.05, 0.1) is 5.60 Å². The number of hydrogen-bond acceptors (Lipinski definition) is 3. The van der Waals surface area contributed by atoms with Gasteiger partial charge in [0.2, 0.25) is 6.29 Å². The number of aliphatic hydroxyl groups is 1. The molecule has 0 aromatic heterocycles. The Morgan fingerprint density at radius 1 is 0.958 bits per heavy atom. The molecule has 2 aromatic rings. The fourth-order valence-corrected chi connectivity index (χ4v) is 3.26. The zero-order chi connectivity index (χ0) is 17.2. The molecule has 1 aliphatic rings. The van der Waals surface area contributed by atoms with Crippen LogP contribution in [-0.4, -0.2) is 17.3 Å². The second-order valence-electron chi connectivity index (χ2n) is 7.29. The molecule has 128 valence electrons. The first-order valence-electron chi connectivity index (χ1n) is 8.62. The van der Waals surface area contributed by atoms with Crippen molar-refractivity contribution in [2.45, 2.75) is 51.4 Å². The summed E-state index contributed by atoms with van der Waals surface area (Å²) in [6, 6.07) is 16.0. The monoisotopic (exact) mass is 326 g/mol. The van der Waals surface area contributed by atoms with Crippen LogP contribution in [0.2, 0.25) is 0 Å². The predicted octanol–water partition coefficient (Wildman–Crippen LogP) is 4.80. The number of rotatable bonds is 4. The molecule has 3 nitrogen and oxygen atoms in total. The van der Waals surface area contributed by atoms with Gasteiger partial charge in [-0.1, -0.05) is 42.5 Å². The highest BCUT2D eigenvalue weighted by molar-refractivity contribution is 5.47. The Hall–Kier alpha value is -1.84. The topological polar surface area (TPSA) is 38.7 Å². The van der Waals surface area contributed by atoms with E-state index in [1.54, 1.807) is 0 Å². The lowest BCUT2D eigenvalue weighted by molar-refractivity contribution is -0.0189. The largest absolute Gasteiger partial charge is 0.460 e. The molecule has 1 N–H and O–H groups in total. The van der Waals surface area contributed by atoms with E-state index in [1.807, 2.05) is 36.4 Å². The Balaban J connectivity index is 1.87. The van der Waals surface area contributed by atoms with E-state index in [-0.39, 0.29) is 11.5 Å². The van der Waals surface area contributed by atoms with Crippen molar-refractivity contribution in [3.05, 3.63) is 65.2 Å². The van der Waals surface area contributed by atoms with Crippen LogP contribution in [0.15, 0.2) is 48.5 Å². The molecule has 3 heteroatoms. The van der Waals surface area contributed by atoms with E-state index in [0.717, 1.165) is 41.9 Å². The zero-order valence-corrected chi connectivity index (χ0v) is 14.7. The minimum absolute atomic E-state index is 0.113. The molecule has 0 bridgehead atoms. The molecular weight excluding hydrogens is 300 g/mol. The number of fused-ring (bicyclic) bond motifs is 2. The van der Waals surface area contributed by atoms with Crippen molar-refractivity contribution in [2.75, 3.05) is 6.61 Å². The average molecular weight is 326 g/mol. The van der Waals surface area contributed by atoms with Crippen LogP contribution in [0.3, 0.4) is 0 Å². The fourth-order valence-electron chi connectivity index (χ4n) is 3.26. The van der Waals surface area contributed by atoms with Gasteiger partial charge in [-0.2, -0.15) is 0 Å². The van der Waals surface area contributed by atoms with Crippen molar-refractivity contribution >= 4 is 0 Å². The van der Waals surface area contributed by atoms with Crippen LogP contribution >= 0.6 is 0 Å². The van der Waals surface area contributed by atoms with Crippen LogP contribution in [0.1, 0.15) is 62.5 Å². The summed E-state index contributed by atoms with van der Waals surface area (Å²) in [6.45, 7) is 6.96. The fraction of sp³-hybridized carbons (Fsp3) is 0.429. The molecule has 2 unspecified atom stereocenters. The third-order valence-electron chi connectivity index (χ3n) is 4.34. The molecule has 2 aromatic carbocycles. The summed E-state index contributed by atoms with van der Waals surface area (Å²) in [6.07, 6.45) is 0.999. The van der Waals surface area contributed by atoms with Gasteiger partial charge in [-0.3, -0.25) is 0 Å². The summed E-state index contributed by atoms with van der Waals surface area (Å²) in [4.78, 5) is 0. The third kappa shape index (κ3) is 3.80. The van der Waals surface area contributed by atoms with Crippen LogP contribution in [0.25, 0.3) is 0 Å². The van der Waals surface area contributed by atoms with Crippen molar-refractivity contribution in [2.24, 2.45) is 0 Å². The Labute approximate surface area is 144 Å². The minimum atomic E-state index is -0.918. The summed E-state index contributed by atoms with van der Waals surface area (Å²) in [5, 5.41) is 10.4. The second-order valence-corrected chi connectivity index (χ2v) is 7.29. The Morgan fingerprint density at radius 3 is 2.29 bits per heavy atom. The predicted molar refractivity (Wildman–Crippen MR) is 95.3 cm³/mol. The molecule has 1 aliphatic heterocycles. The van der Waals surface area contributed by atoms with E-state index in [4.69, 9.17) is 9.47 Å². The van der Waals surface area contributed by atoms with Crippen molar-refractivity contribution in [3.8, 4) is 5.75 Å². The molecule has 0 saturated heterocycles. The summed E-state index contributed by atoms with van der Waals surface area (Å²) < 4.78 is 11.7. The van der Waals surface area contributed by atoms with Crippen LogP contribution in [0.4, 0.5) is 0 Å². The normalized spacial score (nSPS) is 19.8. The molecule has 24 heavy (non-hydrogen) atoms. The van der Waals surface area contributed by atoms with Crippen molar-refractivity contribution in [3.63, 3.8) is 0 Å². The first-order chi connectivity index (χ1) is 11.5. The van der Waals surface area contributed by atoms with Gasteiger partial charge in [0.1, 0.15) is 5.75 Å². The first kappa shape index (κ1) is 17.0. The Bertz CT molecular complexity index is 687. The summed E-state index contributed by atoms with van der Waals surface area (Å²) in [5.41, 5.74) is 3.02. The lowest BCUT2D eigenvalue weighted by Crippen LogP contribution is -2.20. The number of ether oxygens (including phenoxy) is 2. The maximum Gasteiger partial charge on any atom is 0.224 e. The van der Waals surface area contributed by atoms with E-state index < -0.39 is 6.29 Å². The van der Waals surface area contributed by atoms with Gasteiger partial charge < -0.3 is 14.6 Å². The maximum absolute atomic E-state index is 10.4. The van der Waals surface area contributed by atoms with E-state index in [2.05, 4.69) is 32.9 Å². The summed E-state index contributed by atoms with van der Waals surface area (Å²) in [7, 11) is 0. The highest BCUT2D eigenvalue weighted by atomic mass is 16.6. The summed E-state index contributed by atoms with van der Waals surface area (Å²) >= 11 is 0. The van der Waals surface area contributed by atoms with Crippen LogP contribution in [0.5, 0.6) is 5.75 Å². The average Bonchev–Trinajstić information content (AvgIpc) is 2.66. The van der Waals surface area contributed by atoms with Gasteiger partial charge in [-0.15, -0.1) is 0 Å². The lowest BCUT2D eigenvalue weighted by Gasteiger charge is -2.22. The smallest absolute Gasteiger partial charge is 0.224 e. The van der Waals surface area contributed by atoms with Gasteiger partial charge in [0.15, 0.2) is 0 Å². The number of benzene rings is 2. The number of aliphatic hydroxyl groups excluding tert-OH is 1. The Morgan fingerprint density at radius 2 is 1.58 bits per heavy atom. The SMILES string of the molecule is CC(C)(C)OCCCC1c2ccccc2OC(O)c2ccccc21. The van der Waals surface area contributed by atoms with Gasteiger partial charge in [0, 0.05) is 23.7 Å². The molecule has 0 radical (unpaired) electrons. The molecule has 1 heterocycles. The minimum Gasteiger partial charge on any atom is -0.460 e. The van der Waals surface area contributed by atoms with E-state index in [0.29, 0.717) is 0 Å². The molecule has 2 atom stereocenters. The van der Waals surface area contributed by atoms with Crippen molar-refractivity contribution in [1.82, 2.24) is 0 Å². The van der Waals surface area contributed by atoms with Crippen molar-refractivity contribution < 1.29 is 14.6 Å². The zero-order valence-electron chi connectivity index (χ0n) is 14.7. The molecule has 0 spiro atoms. The quantitative estimate of drug-likeness (QED) is 0.821. The molecule has 0 fully saturated rings. The molecule has 0 aliphatic carbocycles. The first-order valence-corrected chi connectivity index (χ1v) is 8.62.